The molecule has 3 aromatic rings. The molecule has 1 aromatic carbocycles. The maximum atomic E-state index is 5.12. The zero-order valence-electron chi connectivity index (χ0n) is 16.9. The van der Waals surface area contributed by atoms with Crippen molar-refractivity contribution in [1.82, 2.24) is 35.4 Å². The van der Waals surface area contributed by atoms with Crippen LogP contribution in [-0.2, 0) is 30.9 Å². The minimum atomic E-state index is 0. The van der Waals surface area contributed by atoms with Crippen LogP contribution in [0.2, 0.25) is 0 Å². The van der Waals surface area contributed by atoms with Crippen LogP contribution in [0.25, 0.3) is 11.0 Å². The topological polar surface area (TPSA) is 105 Å². The number of H-pyrrole nitrogens is 1. The molecule has 3 N–H and O–H groups in total. The van der Waals surface area contributed by atoms with E-state index in [1.807, 2.05) is 10.7 Å². The number of halogens is 1. The predicted molar refractivity (Wildman–Crippen MR) is 122 cm³/mol. The molecule has 1 aliphatic heterocycles. The highest BCUT2D eigenvalue weighted by atomic mass is 127. The van der Waals surface area contributed by atoms with Gasteiger partial charge < -0.3 is 20.4 Å². The van der Waals surface area contributed by atoms with Gasteiger partial charge in [-0.3, -0.25) is 4.99 Å². The molecule has 0 aliphatic carbocycles. The quantitative estimate of drug-likeness (QED) is 0.275. The van der Waals surface area contributed by atoms with Crippen molar-refractivity contribution in [2.24, 2.45) is 4.99 Å². The molecule has 29 heavy (non-hydrogen) atoms. The summed E-state index contributed by atoms with van der Waals surface area (Å²) in [6.45, 7) is 3.86. The molecule has 9 nitrogen and oxygen atoms in total. The summed E-state index contributed by atoms with van der Waals surface area (Å²) in [4.78, 5) is 16.8. The number of aromatic amines is 1. The van der Waals surface area contributed by atoms with E-state index in [1.54, 1.807) is 14.2 Å². The number of benzene rings is 1. The average molecular weight is 510 g/mol. The molecule has 1 unspecified atom stereocenters. The molecule has 0 spiro atoms. The summed E-state index contributed by atoms with van der Waals surface area (Å²) in [5.74, 6) is 3.39. The van der Waals surface area contributed by atoms with Gasteiger partial charge >= 0.3 is 0 Å². The second-order valence-corrected chi connectivity index (χ2v) is 7.07. The van der Waals surface area contributed by atoms with Crippen molar-refractivity contribution in [2.45, 2.75) is 45.5 Å². The van der Waals surface area contributed by atoms with E-state index in [-0.39, 0.29) is 30.0 Å². The Bertz CT molecular complexity index is 995. The van der Waals surface area contributed by atoms with E-state index in [0.29, 0.717) is 13.2 Å². The number of aromatic nitrogens is 5. The van der Waals surface area contributed by atoms with Crippen molar-refractivity contribution in [3.63, 3.8) is 0 Å². The van der Waals surface area contributed by atoms with Gasteiger partial charge in [-0.1, -0.05) is 6.07 Å². The normalized spacial score (nSPS) is 16.4. The van der Waals surface area contributed by atoms with Crippen LogP contribution < -0.4 is 10.6 Å². The molecule has 0 amide bonds. The van der Waals surface area contributed by atoms with Gasteiger partial charge in [0.15, 0.2) is 11.8 Å². The Morgan fingerprint density at radius 3 is 3.03 bits per heavy atom. The van der Waals surface area contributed by atoms with Gasteiger partial charge in [0, 0.05) is 26.6 Å². The number of hydrogen-bond acceptors (Lipinski definition) is 5. The minimum Gasteiger partial charge on any atom is -0.377 e. The summed E-state index contributed by atoms with van der Waals surface area (Å²) in [6.07, 6.45) is 1.87. The summed E-state index contributed by atoms with van der Waals surface area (Å²) in [5.41, 5.74) is 3.24. The molecule has 0 fully saturated rings. The number of ether oxygens (including phenoxy) is 1. The van der Waals surface area contributed by atoms with Crippen molar-refractivity contribution in [1.29, 1.82) is 0 Å². The third-order valence-electron chi connectivity index (χ3n) is 4.85. The Morgan fingerprint density at radius 1 is 1.38 bits per heavy atom. The molecular formula is C19H27IN8O. The van der Waals surface area contributed by atoms with Gasteiger partial charge in [-0.25, -0.2) is 14.6 Å². The van der Waals surface area contributed by atoms with Crippen molar-refractivity contribution < 1.29 is 4.74 Å². The maximum absolute atomic E-state index is 5.12. The fourth-order valence-corrected chi connectivity index (χ4v) is 3.48. The number of aryl methyl sites for hydroxylation is 2. The highest BCUT2D eigenvalue weighted by Crippen LogP contribution is 2.14. The molecule has 10 heteroatoms. The van der Waals surface area contributed by atoms with Crippen molar-refractivity contribution in [3.05, 3.63) is 41.2 Å². The molecule has 0 radical (unpaired) electrons. The van der Waals surface area contributed by atoms with Gasteiger partial charge in [0.2, 0.25) is 0 Å². The van der Waals surface area contributed by atoms with Crippen LogP contribution in [-0.4, -0.2) is 50.9 Å². The van der Waals surface area contributed by atoms with E-state index in [0.717, 1.165) is 53.9 Å². The van der Waals surface area contributed by atoms with Gasteiger partial charge in [-0.2, -0.15) is 5.10 Å². The second-order valence-electron chi connectivity index (χ2n) is 7.07. The van der Waals surface area contributed by atoms with Crippen LogP contribution in [0.4, 0.5) is 0 Å². The van der Waals surface area contributed by atoms with E-state index in [9.17, 15) is 0 Å². The van der Waals surface area contributed by atoms with Crippen LogP contribution in [0.1, 0.15) is 29.5 Å². The zero-order valence-corrected chi connectivity index (χ0v) is 19.2. The van der Waals surface area contributed by atoms with Crippen molar-refractivity contribution in [3.8, 4) is 0 Å². The monoisotopic (exact) mass is 510 g/mol. The first-order chi connectivity index (χ1) is 13.6. The molecule has 2 aromatic heterocycles. The van der Waals surface area contributed by atoms with E-state index in [1.165, 1.54) is 5.56 Å². The summed E-state index contributed by atoms with van der Waals surface area (Å²) in [5, 5.41) is 11.3. The van der Waals surface area contributed by atoms with E-state index in [4.69, 9.17) is 4.74 Å². The van der Waals surface area contributed by atoms with Gasteiger partial charge in [-0.15, -0.1) is 24.0 Å². The lowest BCUT2D eigenvalue weighted by atomic mass is 10.1. The lowest BCUT2D eigenvalue weighted by Crippen LogP contribution is -2.46. The Hall–Kier alpha value is -2.21. The first-order valence-corrected chi connectivity index (χ1v) is 9.48. The number of imidazole rings is 1. The Kier molecular flexibility index (Phi) is 7.06. The average Bonchev–Trinajstić information content (AvgIpc) is 3.27. The molecular weight excluding hydrogens is 483 g/mol. The number of nitrogens with zero attached hydrogens (tertiary/aromatic N) is 5. The minimum absolute atomic E-state index is 0. The molecule has 0 saturated carbocycles. The molecule has 156 valence electrons. The Morgan fingerprint density at radius 2 is 2.24 bits per heavy atom. The zero-order chi connectivity index (χ0) is 19.5. The first-order valence-electron chi connectivity index (χ1n) is 9.48. The van der Waals surface area contributed by atoms with Crippen LogP contribution in [0.5, 0.6) is 0 Å². The smallest absolute Gasteiger partial charge is 0.191 e. The molecule has 3 heterocycles. The number of methoxy groups -OCH3 is 1. The van der Waals surface area contributed by atoms with Gasteiger partial charge in [0.05, 0.1) is 24.1 Å². The Balaban J connectivity index is 0.00000240. The fourth-order valence-electron chi connectivity index (χ4n) is 3.48. The maximum Gasteiger partial charge on any atom is 0.191 e. The summed E-state index contributed by atoms with van der Waals surface area (Å²) in [6, 6.07) is 6.46. The predicted octanol–water partition coefficient (Wildman–Crippen LogP) is 1.91. The summed E-state index contributed by atoms with van der Waals surface area (Å²) in [7, 11) is 3.43. The summed E-state index contributed by atoms with van der Waals surface area (Å²) < 4.78 is 7.09. The lowest BCUT2D eigenvalue weighted by molar-refractivity contribution is 0.177. The number of guanidine groups is 1. The fraction of sp³-hybridized carbons (Fsp3) is 0.474. The highest BCUT2D eigenvalue weighted by molar-refractivity contribution is 14.0. The number of fused-ring (bicyclic) bond motifs is 2. The lowest BCUT2D eigenvalue weighted by Gasteiger charge is -2.25. The van der Waals surface area contributed by atoms with Crippen LogP contribution >= 0.6 is 24.0 Å². The molecule has 0 saturated heterocycles. The number of rotatable bonds is 5. The number of nitrogens with one attached hydrogen (secondary N) is 3. The Labute approximate surface area is 186 Å². The van der Waals surface area contributed by atoms with Gasteiger partial charge in [0.25, 0.3) is 0 Å². The van der Waals surface area contributed by atoms with Gasteiger partial charge in [0.1, 0.15) is 18.3 Å². The first kappa shape index (κ1) is 21.5. The van der Waals surface area contributed by atoms with Gasteiger partial charge in [-0.05, 0) is 31.0 Å². The second kappa shape index (κ2) is 9.53. The van der Waals surface area contributed by atoms with Crippen LogP contribution in [0, 0.1) is 6.92 Å². The number of hydrogen-bond donors (Lipinski definition) is 3. The van der Waals surface area contributed by atoms with E-state index >= 15 is 0 Å². The molecule has 4 rings (SSSR count). The molecule has 1 aliphatic rings. The van der Waals surface area contributed by atoms with Crippen LogP contribution in [0.3, 0.4) is 0 Å². The SMILES string of the molecule is CN=C(NCc1nc2ccc(C)cc2[nH]1)NC1CCc2nc(COC)nn2C1.I. The molecule has 1 atom stereocenters. The van der Waals surface area contributed by atoms with E-state index in [2.05, 4.69) is 54.7 Å². The standard InChI is InChI=1S/C19H26N8O.HI/c1-12-4-6-14-15(8-12)24-16(23-14)9-21-19(20-2)22-13-5-7-18-25-17(11-28-3)26-27(18)10-13;/h4,6,8,13H,5,7,9-11H2,1-3H3,(H,23,24)(H2,20,21,22);1H. The molecule has 0 bridgehead atoms. The largest absolute Gasteiger partial charge is 0.377 e. The van der Waals surface area contributed by atoms with Crippen molar-refractivity contribution in [2.75, 3.05) is 14.2 Å². The summed E-state index contributed by atoms with van der Waals surface area (Å²) >= 11 is 0. The third-order valence-corrected chi connectivity index (χ3v) is 4.85. The third kappa shape index (κ3) is 5.04. The highest BCUT2D eigenvalue weighted by Gasteiger charge is 2.22. The van der Waals surface area contributed by atoms with E-state index < -0.39 is 0 Å². The van der Waals surface area contributed by atoms with Crippen LogP contribution in [0.15, 0.2) is 23.2 Å². The van der Waals surface area contributed by atoms with Crippen molar-refractivity contribution >= 4 is 41.0 Å². The number of aliphatic imine (C=N–C) groups is 1.